The van der Waals surface area contributed by atoms with Crippen LogP contribution in [0.3, 0.4) is 0 Å². The van der Waals surface area contributed by atoms with Crippen LogP contribution >= 0.6 is 23.7 Å². The van der Waals surface area contributed by atoms with Crippen molar-refractivity contribution in [1.82, 2.24) is 15.0 Å². The van der Waals surface area contributed by atoms with Gasteiger partial charge >= 0.3 is 0 Å². The van der Waals surface area contributed by atoms with Gasteiger partial charge in [-0.2, -0.15) is 16.3 Å². The molecule has 2 aromatic rings. The lowest BCUT2D eigenvalue weighted by atomic mass is 9.98. The Morgan fingerprint density at radius 1 is 1.42 bits per heavy atom. The van der Waals surface area contributed by atoms with Crippen LogP contribution in [0.15, 0.2) is 21.3 Å². The zero-order valence-electron chi connectivity index (χ0n) is 13.3. The number of amides is 1. The summed E-state index contributed by atoms with van der Waals surface area (Å²) in [4.78, 5) is 18.7. The van der Waals surface area contributed by atoms with E-state index < -0.39 is 0 Å². The molecule has 0 bridgehead atoms. The van der Waals surface area contributed by atoms with Gasteiger partial charge in [0.05, 0.1) is 0 Å². The minimum absolute atomic E-state index is 0. The lowest BCUT2D eigenvalue weighted by Gasteiger charge is -2.18. The van der Waals surface area contributed by atoms with Crippen LogP contribution in [0.5, 0.6) is 0 Å². The van der Waals surface area contributed by atoms with E-state index >= 15 is 0 Å². The molecule has 2 fully saturated rings. The average Bonchev–Trinajstić information content (AvgIpc) is 3.31. The van der Waals surface area contributed by atoms with Crippen molar-refractivity contribution in [1.29, 1.82) is 0 Å². The van der Waals surface area contributed by atoms with Gasteiger partial charge in [-0.1, -0.05) is 5.16 Å². The molecular formula is C16H21ClN4O2S. The smallest absolute Gasteiger partial charge is 0.227 e. The third-order valence-corrected chi connectivity index (χ3v) is 5.75. The maximum atomic E-state index is 12.4. The SMILES string of the molecule is Cl.NC1CCC2CN(C(=O)CCc3nc(-c4ccsc4)no3)CC12. The number of hydrogen-bond acceptors (Lipinski definition) is 6. The number of aryl methyl sites for hydroxylation is 1. The van der Waals surface area contributed by atoms with Gasteiger partial charge in [-0.25, -0.2) is 0 Å². The third-order valence-electron chi connectivity index (χ3n) is 5.07. The number of likely N-dealkylation sites (tertiary alicyclic amines) is 1. The summed E-state index contributed by atoms with van der Waals surface area (Å²) in [6.45, 7) is 1.68. The summed E-state index contributed by atoms with van der Waals surface area (Å²) in [7, 11) is 0. The summed E-state index contributed by atoms with van der Waals surface area (Å²) < 4.78 is 5.25. The second-order valence-corrected chi connectivity index (χ2v) is 7.27. The molecule has 2 N–H and O–H groups in total. The number of thiophene rings is 1. The Kier molecular flexibility index (Phi) is 5.22. The van der Waals surface area contributed by atoms with Crippen molar-refractivity contribution in [3.05, 3.63) is 22.7 Å². The largest absolute Gasteiger partial charge is 0.342 e. The quantitative estimate of drug-likeness (QED) is 0.895. The number of halogens is 1. The summed E-state index contributed by atoms with van der Waals surface area (Å²) in [5, 5.41) is 7.92. The first-order chi connectivity index (χ1) is 11.2. The second-order valence-electron chi connectivity index (χ2n) is 6.49. The van der Waals surface area contributed by atoms with Crippen LogP contribution in [0.25, 0.3) is 11.4 Å². The highest BCUT2D eigenvalue weighted by Gasteiger charge is 2.42. The Hall–Kier alpha value is -1.44. The van der Waals surface area contributed by atoms with E-state index in [1.165, 1.54) is 0 Å². The fourth-order valence-electron chi connectivity index (χ4n) is 3.75. The van der Waals surface area contributed by atoms with Gasteiger partial charge in [0.25, 0.3) is 0 Å². The number of nitrogens with two attached hydrogens (primary N) is 1. The zero-order valence-corrected chi connectivity index (χ0v) is 14.9. The molecule has 130 valence electrons. The molecule has 24 heavy (non-hydrogen) atoms. The van der Waals surface area contributed by atoms with Crippen molar-refractivity contribution in [3.63, 3.8) is 0 Å². The van der Waals surface area contributed by atoms with Gasteiger partial charge in [-0.15, -0.1) is 12.4 Å². The monoisotopic (exact) mass is 368 g/mol. The normalized spacial score (nSPS) is 25.5. The molecule has 1 aliphatic heterocycles. The first-order valence-corrected chi connectivity index (χ1v) is 9.03. The molecule has 8 heteroatoms. The molecule has 3 unspecified atom stereocenters. The van der Waals surface area contributed by atoms with Crippen molar-refractivity contribution < 1.29 is 9.32 Å². The molecule has 4 rings (SSSR count). The van der Waals surface area contributed by atoms with E-state index in [2.05, 4.69) is 10.1 Å². The van der Waals surface area contributed by atoms with Crippen LogP contribution in [0, 0.1) is 11.8 Å². The highest BCUT2D eigenvalue weighted by molar-refractivity contribution is 7.08. The van der Waals surface area contributed by atoms with Crippen molar-refractivity contribution in [2.45, 2.75) is 31.7 Å². The summed E-state index contributed by atoms with van der Waals surface area (Å²) in [6.07, 6.45) is 3.17. The lowest BCUT2D eigenvalue weighted by Crippen LogP contribution is -2.33. The number of aromatic nitrogens is 2. The number of carbonyl (C=O) groups excluding carboxylic acids is 1. The molecule has 1 saturated heterocycles. The van der Waals surface area contributed by atoms with Gasteiger partial charge in [0.2, 0.25) is 17.6 Å². The van der Waals surface area contributed by atoms with E-state index in [1.54, 1.807) is 11.3 Å². The number of fused-ring (bicyclic) bond motifs is 1. The lowest BCUT2D eigenvalue weighted by molar-refractivity contribution is -0.130. The Morgan fingerprint density at radius 3 is 3.04 bits per heavy atom. The summed E-state index contributed by atoms with van der Waals surface area (Å²) in [6, 6.07) is 2.22. The second kappa shape index (κ2) is 7.21. The van der Waals surface area contributed by atoms with E-state index in [9.17, 15) is 4.79 Å². The Balaban J connectivity index is 0.00000169. The highest BCUT2D eigenvalue weighted by atomic mass is 35.5. The van der Waals surface area contributed by atoms with Crippen molar-refractivity contribution in [3.8, 4) is 11.4 Å². The molecule has 1 saturated carbocycles. The number of nitrogens with zero attached hydrogens (tertiary/aromatic N) is 3. The van der Waals surface area contributed by atoms with Gasteiger partial charge in [-0.05, 0) is 36.1 Å². The molecule has 1 amide bonds. The molecule has 2 aromatic heterocycles. The molecular weight excluding hydrogens is 348 g/mol. The molecule has 3 heterocycles. The van der Waals surface area contributed by atoms with E-state index in [0.29, 0.717) is 36.4 Å². The summed E-state index contributed by atoms with van der Waals surface area (Å²) >= 11 is 1.59. The van der Waals surface area contributed by atoms with Crippen molar-refractivity contribution in [2.75, 3.05) is 13.1 Å². The maximum Gasteiger partial charge on any atom is 0.227 e. The standard InChI is InChI=1S/C16H20N4O2S.ClH/c17-13-2-1-10-7-20(8-12(10)13)15(21)4-3-14-18-16(19-22-14)11-5-6-23-9-11;/h5-6,9-10,12-13H,1-4,7-8,17H2;1H. The topological polar surface area (TPSA) is 85.2 Å². The van der Waals surface area contributed by atoms with Crippen LogP contribution < -0.4 is 5.73 Å². The zero-order chi connectivity index (χ0) is 15.8. The third kappa shape index (κ3) is 3.34. The van der Waals surface area contributed by atoms with Gasteiger partial charge < -0.3 is 15.2 Å². The molecule has 0 aromatic carbocycles. The fourth-order valence-corrected chi connectivity index (χ4v) is 4.38. The minimum atomic E-state index is 0. The van der Waals surface area contributed by atoms with Gasteiger partial charge in [0, 0.05) is 42.9 Å². The van der Waals surface area contributed by atoms with Gasteiger partial charge in [-0.3, -0.25) is 4.79 Å². The predicted molar refractivity (Wildman–Crippen MR) is 93.9 cm³/mol. The van der Waals surface area contributed by atoms with E-state index in [-0.39, 0.29) is 24.4 Å². The summed E-state index contributed by atoms with van der Waals surface area (Å²) in [5.74, 6) is 2.38. The fraction of sp³-hybridized carbons (Fsp3) is 0.562. The first-order valence-electron chi connectivity index (χ1n) is 8.09. The molecule has 3 atom stereocenters. The van der Waals surface area contributed by atoms with Crippen LogP contribution in [-0.2, 0) is 11.2 Å². The van der Waals surface area contributed by atoms with Crippen LogP contribution in [-0.4, -0.2) is 40.1 Å². The van der Waals surface area contributed by atoms with Crippen LogP contribution in [0.1, 0.15) is 25.2 Å². The molecule has 1 aliphatic carbocycles. The molecule has 0 spiro atoms. The number of rotatable bonds is 4. The maximum absolute atomic E-state index is 12.4. The highest BCUT2D eigenvalue weighted by Crippen LogP contribution is 2.37. The Bertz CT molecular complexity index is 690. The molecule has 6 nitrogen and oxygen atoms in total. The number of hydrogen-bond donors (Lipinski definition) is 1. The minimum Gasteiger partial charge on any atom is -0.342 e. The average molecular weight is 369 g/mol. The number of carbonyl (C=O) groups is 1. The van der Waals surface area contributed by atoms with Crippen molar-refractivity contribution >= 4 is 29.7 Å². The summed E-state index contributed by atoms with van der Waals surface area (Å²) in [5.41, 5.74) is 7.08. The first kappa shape index (κ1) is 17.4. The van der Waals surface area contributed by atoms with Crippen molar-refractivity contribution in [2.24, 2.45) is 17.6 Å². The molecule has 0 radical (unpaired) electrons. The molecule has 2 aliphatic rings. The van der Waals surface area contributed by atoms with E-state index in [1.807, 2.05) is 21.7 Å². The van der Waals surface area contributed by atoms with Gasteiger partial charge in [0.15, 0.2) is 0 Å². The van der Waals surface area contributed by atoms with Crippen LogP contribution in [0.2, 0.25) is 0 Å². The van der Waals surface area contributed by atoms with Gasteiger partial charge in [0.1, 0.15) is 0 Å². The Morgan fingerprint density at radius 2 is 2.29 bits per heavy atom. The van der Waals surface area contributed by atoms with E-state index in [4.69, 9.17) is 10.3 Å². The predicted octanol–water partition coefficient (Wildman–Crippen LogP) is 2.35. The Labute approximate surface area is 150 Å². The van der Waals surface area contributed by atoms with E-state index in [0.717, 1.165) is 31.5 Å². The van der Waals surface area contributed by atoms with Crippen LogP contribution in [0.4, 0.5) is 0 Å².